The van der Waals surface area contributed by atoms with Crippen molar-refractivity contribution in [1.29, 1.82) is 0 Å². The summed E-state index contributed by atoms with van der Waals surface area (Å²) in [4.78, 5) is 15.6. The van der Waals surface area contributed by atoms with E-state index in [1.807, 2.05) is 24.3 Å². The van der Waals surface area contributed by atoms with E-state index in [1.54, 1.807) is 12.3 Å². The number of ether oxygens (including phenoxy) is 2. The summed E-state index contributed by atoms with van der Waals surface area (Å²) in [6, 6.07) is 13.4. The normalized spacial score (nSPS) is 13.4. The molecule has 1 N–H and O–H groups in total. The maximum absolute atomic E-state index is 11.1. The van der Waals surface area contributed by atoms with Gasteiger partial charge >= 0.3 is 5.97 Å². The largest absolute Gasteiger partial charge is 0.493 e. The first-order chi connectivity index (χ1) is 12.5. The number of hydrogen-bond donors (Lipinski definition) is 1. The lowest BCUT2D eigenvalue weighted by Crippen LogP contribution is -2.23. The SMILES string of the molecule is CC[C@@H](C)c1ccc(N=Cc2cccc(OC)c2O[C@H](C)C(=O)O)cc1. The summed E-state index contributed by atoms with van der Waals surface area (Å²) in [7, 11) is 1.52. The molecule has 0 heterocycles. The van der Waals surface area contributed by atoms with Gasteiger partial charge in [0.1, 0.15) is 0 Å². The lowest BCUT2D eigenvalue weighted by atomic mass is 9.99. The fourth-order valence-electron chi connectivity index (χ4n) is 2.42. The van der Waals surface area contributed by atoms with Crippen molar-refractivity contribution in [3.05, 3.63) is 53.6 Å². The molecule has 2 atom stereocenters. The molecule has 0 spiro atoms. The van der Waals surface area contributed by atoms with Crippen molar-refractivity contribution in [1.82, 2.24) is 0 Å². The fraction of sp³-hybridized carbons (Fsp3) is 0.333. The molecule has 5 nitrogen and oxygen atoms in total. The van der Waals surface area contributed by atoms with Gasteiger partial charge in [-0.3, -0.25) is 4.99 Å². The summed E-state index contributed by atoms with van der Waals surface area (Å²) in [5.74, 6) is 0.308. The molecule has 0 saturated heterocycles. The van der Waals surface area contributed by atoms with Crippen LogP contribution in [0.4, 0.5) is 5.69 Å². The predicted molar refractivity (Wildman–Crippen MR) is 103 cm³/mol. The number of aliphatic imine (C=N–C) groups is 1. The van der Waals surface area contributed by atoms with Gasteiger partial charge in [-0.25, -0.2) is 4.79 Å². The Morgan fingerprint density at radius 3 is 2.46 bits per heavy atom. The lowest BCUT2D eigenvalue weighted by molar-refractivity contribution is -0.144. The summed E-state index contributed by atoms with van der Waals surface area (Å²) >= 11 is 0. The standard InChI is InChI=1S/C21H25NO4/c1-5-14(2)16-9-11-18(12-10-16)22-13-17-7-6-8-19(25-4)20(17)26-15(3)21(23)24/h6-15H,5H2,1-4H3,(H,23,24)/t14-,15-/m1/s1. The molecular formula is C21H25NO4. The first kappa shape index (κ1) is 19.5. The maximum atomic E-state index is 11.1. The van der Waals surface area contributed by atoms with Gasteiger partial charge < -0.3 is 14.6 Å². The second kappa shape index (κ2) is 9.04. The molecule has 2 aromatic rings. The van der Waals surface area contributed by atoms with E-state index in [-0.39, 0.29) is 0 Å². The summed E-state index contributed by atoms with van der Waals surface area (Å²) < 4.78 is 10.9. The Morgan fingerprint density at radius 2 is 1.88 bits per heavy atom. The minimum atomic E-state index is -1.04. The second-order valence-electron chi connectivity index (χ2n) is 6.14. The third kappa shape index (κ3) is 4.85. The fourth-order valence-corrected chi connectivity index (χ4v) is 2.42. The first-order valence-electron chi connectivity index (χ1n) is 8.66. The van der Waals surface area contributed by atoms with Gasteiger partial charge in [-0.1, -0.05) is 32.0 Å². The van der Waals surface area contributed by atoms with E-state index in [4.69, 9.17) is 14.6 Å². The van der Waals surface area contributed by atoms with Gasteiger partial charge in [-0.2, -0.15) is 0 Å². The van der Waals surface area contributed by atoms with Crippen molar-refractivity contribution in [2.24, 2.45) is 4.99 Å². The van der Waals surface area contributed by atoms with Crippen LogP contribution < -0.4 is 9.47 Å². The van der Waals surface area contributed by atoms with Crippen LogP contribution in [0.2, 0.25) is 0 Å². The van der Waals surface area contributed by atoms with Crippen LogP contribution in [0.5, 0.6) is 11.5 Å². The highest BCUT2D eigenvalue weighted by atomic mass is 16.5. The number of hydrogen-bond acceptors (Lipinski definition) is 4. The van der Waals surface area contributed by atoms with Crippen molar-refractivity contribution in [3.63, 3.8) is 0 Å². The number of aliphatic carboxylic acids is 1. The van der Waals surface area contributed by atoms with E-state index in [2.05, 4.69) is 31.0 Å². The van der Waals surface area contributed by atoms with E-state index in [0.717, 1.165) is 12.1 Å². The molecule has 0 amide bonds. The lowest BCUT2D eigenvalue weighted by Gasteiger charge is -2.15. The molecule has 138 valence electrons. The summed E-state index contributed by atoms with van der Waals surface area (Å²) in [6.45, 7) is 5.84. The minimum Gasteiger partial charge on any atom is -0.493 e. The predicted octanol–water partition coefficient (Wildman–Crippen LogP) is 4.81. The molecule has 0 aromatic heterocycles. The number of carboxylic acids is 1. The van der Waals surface area contributed by atoms with Crippen LogP contribution in [-0.4, -0.2) is 30.5 Å². The number of benzene rings is 2. The Balaban J connectivity index is 2.27. The zero-order valence-electron chi connectivity index (χ0n) is 15.6. The third-order valence-electron chi connectivity index (χ3n) is 4.30. The summed E-state index contributed by atoms with van der Waals surface area (Å²) in [5.41, 5.74) is 2.76. The van der Waals surface area contributed by atoms with Crippen LogP contribution in [0.15, 0.2) is 47.5 Å². The molecule has 0 aliphatic heterocycles. The molecule has 2 aromatic carbocycles. The van der Waals surface area contributed by atoms with Crippen molar-refractivity contribution in [3.8, 4) is 11.5 Å². The average Bonchev–Trinajstić information content (AvgIpc) is 2.66. The van der Waals surface area contributed by atoms with Crippen LogP contribution in [0.3, 0.4) is 0 Å². The Labute approximate surface area is 154 Å². The number of carbonyl (C=O) groups is 1. The Bertz CT molecular complexity index is 768. The van der Waals surface area contributed by atoms with Crippen LogP contribution in [0.25, 0.3) is 0 Å². The molecule has 26 heavy (non-hydrogen) atoms. The zero-order chi connectivity index (χ0) is 19.1. The number of nitrogens with zero attached hydrogens (tertiary/aromatic N) is 1. The van der Waals surface area contributed by atoms with E-state index < -0.39 is 12.1 Å². The highest BCUT2D eigenvalue weighted by Gasteiger charge is 2.17. The highest BCUT2D eigenvalue weighted by molar-refractivity contribution is 5.87. The van der Waals surface area contributed by atoms with E-state index >= 15 is 0 Å². The Morgan fingerprint density at radius 1 is 1.19 bits per heavy atom. The monoisotopic (exact) mass is 355 g/mol. The molecule has 5 heteroatoms. The van der Waals surface area contributed by atoms with Gasteiger partial charge in [0.25, 0.3) is 0 Å². The van der Waals surface area contributed by atoms with Gasteiger partial charge in [0.15, 0.2) is 17.6 Å². The maximum Gasteiger partial charge on any atom is 0.344 e. The van der Waals surface area contributed by atoms with Gasteiger partial charge in [0.2, 0.25) is 0 Å². The van der Waals surface area contributed by atoms with Crippen molar-refractivity contribution in [2.45, 2.75) is 39.2 Å². The summed E-state index contributed by atoms with van der Waals surface area (Å²) in [6.07, 6.45) is 1.76. The van der Waals surface area contributed by atoms with Gasteiger partial charge in [-0.15, -0.1) is 0 Å². The van der Waals surface area contributed by atoms with Crippen LogP contribution >= 0.6 is 0 Å². The quantitative estimate of drug-likeness (QED) is 0.690. The second-order valence-corrected chi connectivity index (χ2v) is 6.14. The minimum absolute atomic E-state index is 0.366. The van der Waals surface area contributed by atoms with Gasteiger partial charge in [0, 0.05) is 11.8 Å². The Kier molecular flexibility index (Phi) is 6.78. The molecular weight excluding hydrogens is 330 g/mol. The molecule has 0 radical (unpaired) electrons. The average molecular weight is 355 g/mol. The molecule has 2 rings (SSSR count). The molecule has 0 fully saturated rings. The third-order valence-corrected chi connectivity index (χ3v) is 4.30. The number of rotatable bonds is 8. The van der Waals surface area contributed by atoms with Crippen LogP contribution in [0.1, 0.15) is 44.2 Å². The van der Waals surface area contributed by atoms with E-state index in [9.17, 15) is 4.79 Å². The molecule has 0 bridgehead atoms. The summed E-state index contributed by atoms with van der Waals surface area (Å²) in [5, 5.41) is 9.10. The molecule has 0 aliphatic carbocycles. The van der Waals surface area contributed by atoms with Crippen molar-refractivity contribution in [2.75, 3.05) is 7.11 Å². The number of carboxylic acid groups (broad SMARTS) is 1. The molecule has 0 saturated carbocycles. The first-order valence-corrected chi connectivity index (χ1v) is 8.66. The molecule has 0 unspecified atom stereocenters. The van der Waals surface area contributed by atoms with Crippen molar-refractivity contribution < 1.29 is 19.4 Å². The number of methoxy groups -OCH3 is 1. The van der Waals surface area contributed by atoms with Crippen molar-refractivity contribution >= 4 is 17.9 Å². The van der Waals surface area contributed by atoms with Crippen LogP contribution in [0, 0.1) is 0 Å². The topological polar surface area (TPSA) is 68.1 Å². The number of para-hydroxylation sites is 1. The smallest absolute Gasteiger partial charge is 0.344 e. The van der Waals surface area contributed by atoms with Gasteiger partial charge in [0.05, 0.1) is 12.8 Å². The van der Waals surface area contributed by atoms with Gasteiger partial charge in [-0.05, 0) is 49.1 Å². The van der Waals surface area contributed by atoms with E-state index in [0.29, 0.717) is 23.0 Å². The van der Waals surface area contributed by atoms with Crippen LogP contribution in [-0.2, 0) is 4.79 Å². The zero-order valence-corrected chi connectivity index (χ0v) is 15.6. The molecule has 0 aliphatic rings. The Hall–Kier alpha value is -2.82. The van der Waals surface area contributed by atoms with E-state index in [1.165, 1.54) is 19.6 Å². The highest BCUT2D eigenvalue weighted by Crippen LogP contribution is 2.31.